The molecule has 144 valence electrons. The van der Waals surface area contributed by atoms with Crippen LogP contribution in [-0.2, 0) is 14.3 Å². The zero-order valence-electron chi connectivity index (χ0n) is 15.2. The fraction of sp³-hybridized carbons (Fsp3) is 0.333. The number of pyridine rings is 1. The number of amides is 1. The van der Waals surface area contributed by atoms with E-state index in [1.165, 1.54) is 6.20 Å². The van der Waals surface area contributed by atoms with E-state index in [1.54, 1.807) is 36.1 Å². The van der Waals surface area contributed by atoms with E-state index < -0.39 is 30.1 Å². The van der Waals surface area contributed by atoms with Crippen molar-refractivity contribution in [3.05, 3.63) is 45.2 Å². The predicted octanol–water partition coefficient (Wildman–Crippen LogP) is 2.86. The molecule has 0 fully saturated rings. The number of hydrogen-bond acceptors (Lipinski definition) is 7. The van der Waals surface area contributed by atoms with Gasteiger partial charge in [0.1, 0.15) is 18.3 Å². The number of thiophene rings is 1. The van der Waals surface area contributed by atoms with Gasteiger partial charge in [0.05, 0.1) is 16.5 Å². The molecule has 0 saturated heterocycles. The van der Waals surface area contributed by atoms with E-state index in [9.17, 15) is 14.4 Å². The molecule has 1 unspecified atom stereocenters. The number of nitrogens with one attached hydrogen (secondary N) is 1. The summed E-state index contributed by atoms with van der Waals surface area (Å²) in [5.74, 6) is -0.884. The number of esters is 1. The summed E-state index contributed by atoms with van der Waals surface area (Å²) in [7, 11) is 3.68. The molecule has 2 aromatic rings. The third kappa shape index (κ3) is 5.77. The Hall–Kier alpha value is -2.45. The lowest BCUT2D eigenvalue weighted by Crippen LogP contribution is -2.34. The summed E-state index contributed by atoms with van der Waals surface area (Å²) < 4.78 is 5.30. The Morgan fingerprint density at radius 2 is 2.00 bits per heavy atom. The van der Waals surface area contributed by atoms with Crippen LogP contribution in [0.5, 0.6) is 0 Å². The van der Waals surface area contributed by atoms with Crippen LogP contribution in [0.1, 0.15) is 34.6 Å². The number of carbonyl (C=O) groups excluding carboxylic acids is 3. The molecule has 27 heavy (non-hydrogen) atoms. The van der Waals surface area contributed by atoms with Crippen molar-refractivity contribution in [1.29, 1.82) is 0 Å². The van der Waals surface area contributed by atoms with Gasteiger partial charge in [0.15, 0.2) is 5.78 Å². The van der Waals surface area contributed by atoms with Gasteiger partial charge >= 0.3 is 5.97 Å². The van der Waals surface area contributed by atoms with Gasteiger partial charge in [0, 0.05) is 25.2 Å². The summed E-state index contributed by atoms with van der Waals surface area (Å²) in [4.78, 5) is 43.3. The maximum Gasteiger partial charge on any atom is 0.313 e. The van der Waals surface area contributed by atoms with Gasteiger partial charge in [-0.05, 0) is 31.2 Å². The normalized spacial score (nSPS) is 11.6. The number of hydrogen-bond donors (Lipinski definition) is 1. The number of ketones is 1. The number of carbonyl (C=O) groups is 3. The van der Waals surface area contributed by atoms with Gasteiger partial charge in [0.2, 0.25) is 0 Å². The van der Waals surface area contributed by atoms with Crippen LogP contribution in [0, 0.1) is 0 Å². The Morgan fingerprint density at radius 3 is 2.52 bits per heavy atom. The highest BCUT2D eigenvalue weighted by Gasteiger charge is 2.27. The second kappa shape index (κ2) is 9.48. The van der Waals surface area contributed by atoms with Crippen LogP contribution in [0.4, 0.5) is 5.82 Å². The molecule has 2 rings (SSSR count). The maximum absolute atomic E-state index is 12.6. The van der Waals surface area contributed by atoms with Crippen molar-refractivity contribution >= 4 is 46.4 Å². The Labute approximate surface area is 166 Å². The molecule has 0 saturated carbocycles. The number of ether oxygens (including phenoxy) is 1. The summed E-state index contributed by atoms with van der Waals surface area (Å²) in [6.07, 6.45) is 0.991. The molecule has 0 aliphatic heterocycles. The van der Waals surface area contributed by atoms with Gasteiger partial charge in [-0.1, -0.05) is 11.6 Å². The largest absolute Gasteiger partial charge is 0.466 e. The van der Waals surface area contributed by atoms with E-state index in [2.05, 4.69) is 10.3 Å². The van der Waals surface area contributed by atoms with Crippen LogP contribution in [0.3, 0.4) is 0 Å². The van der Waals surface area contributed by atoms with Gasteiger partial charge in [-0.2, -0.15) is 0 Å². The summed E-state index contributed by atoms with van der Waals surface area (Å²) >= 11 is 7.12. The van der Waals surface area contributed by atoms with Crippen LogP contribution >= 0.6 is 22.9 Å². The lowest BCUT2D eigenvalue weighted by molar-refractivity contribution is -0.145. The minimum absolute atomic E-state index is 0.178. The Balaban J connectivity index is 2.19. The SMILES string of the molecule is CCOC(=O)CC(=O)C(NC(=O)c1ccc(N(C)C)nc1)c1ccc(Cl)s1. The Bertz CT molecular complexity index is 820. The quantitative estimate of drug-likeness (QED) is 0.532. The van der Waals surface area contributed by atoms with Crippen LogP contribution < -0.4 is 10.2 Å². The molecule has 0 spiro atoms. The lowest BCUT2D eigenvalue weighted by Gasteiger charge is -2.17. The molecule has 1 amide bonds. The van der Waals surface area contributed by atoms with Crippen LogP contribution in [0.15, 0.2) is 30.5 Å². The molecule has 0 aliphatic carbocycles. The highest BCUT2D eigenvalue weighted by molar-refractivity contribution is 7.16. The zero-order valence-corrected chi connectivity index (χ0v) is 16.8. The van der Waals surface area contributed by atoms with E-state index in [4.69, 9.17) is 16.3 Å². The van der Waals surface area contributed by atoms with Crippen LogP contribution in [-0.4, -0.2) is 43.3 Å². The van der Waals surface area contributed by atoms with Gasteiger partial charge in [-0.3, -0.25) is 14.4 Å². The monoisotopic (exact) mass is 409 g/mol. The average molecular weight is 410 g/mol. The molecular weight excluding hydrogens is 390 g/mol. The Morgan fingerprint density at radius 1 is 1.26 bits per heavy atom. The van der Waals surface area contributed by atoms with Crippen molar-refractivity contribution in [3.8, 4) is 0 Å². The van der Waals surface area contributed by atoms with Gasteiger partial charge in [-0.25, -0.2) is 4.98 Å². The maximum atomic E-state index is 12.6. The first-order valence-electron chi connectivity index (χ1n) is 8.19. The van der Waals surface area contributed by atoms with E-state index in [0.717, 1.165) is 11.3 Å². The smallest absolute Gasteiger partial charge is 0.313 e. The molecule has 9 heteroatoms. The minimum Gasteiger partial charge on any atom is -0.466 e. The number of nitrogens with zero attached hydrogens (tertiary/aromatic N) is 2. The first-order chi connectivity index (χ1) is 12.8. The predicted molar refractivity (Wildman–Crippen MR) is 104 cm³/mol. The van der Waals surface area contributed by atoms with Crippen molar-refractivity contribution in [2.24, 2.45) is 0 Å². The number of Topliss-reactive ketones (excluding diaryl/α,β-unsaturated/α-hetero) is 1. The molecule has 1 N–H and O–H groups in total. The summed E-state index contributed by atoms with van der Waals surface area (Å²) in [6, 6.07) is 5.60. The number of aromatic nitrogens is 1. The molecule has 7 nitrogen and oxygen atoms in total. The summed E-state index contributed by atoms with van der Waals surface area (Å²) in [5, 5.41) is 2.66. The summed E-state index contributed by atoms with van der Waals surface area (Å²) in [6.45, 7) is 1.84. The van der Waals surface area contributed by atoms with Crippen molar-refractivity contribution in [2.75, 3.05) is 25.6 Å². The number of anilines is 1. The third-order valence-corrected chi connectivity index (χ3v) is 4.86. The number of rotatable bonds is 8. The van der Waals surface area contributed by atoms with Crippen molar-refractivity contribution in [2.45, 2.75) is 19.4 Å². The zero-order chi connectivity index (χ0) is 20.0. The van der Waals surface area contributed by atoms with E-state index in [1.807, 2.05) is 14.1 Å². The van der Waals surface area contributed by atoms with Gasteiger partial charge < -0.3 is 15.0 Å². The van der Waals surface area contributed by atoms with Crippen LogP contribution in [0.2, 0.25) is 4.34 Å². The summed E-state index contributed by atoms with van der Waals surface area (Å²) in [5.41, 5.74) is 0.303. The minimum atomic E-state index is -0.993. The molecule has 2 aromatic heterocycles. The average Bonchev–Trinajstić information content (AvgIpc) is 3.05. The molecular formula is C18H20ClN3O4S. The molecule has 1 atom stereocenters. The second-order valence-electron chi connectivity index (χ2n) is 5.80. The topological polar surface area (TPSA) is 88.6 Å². The number of halogens is 1. The van der Waals surface area contributed by atoms with Gasteiger partial charge in [0.25, 0.3) is 5.91 Å². The molecule has 0 aromatic carbocycles. The van der Waals surface area contributed by atoms with Crippen molar-refractivity contribution < 1.29 is 19.1 Å². The fourth-order valence-corrected chi connectivity index (χ4v) is 3.39. The molecule has 0 aliphatic rings. The van der Waals surface area contributed by atoms with Gasteiger partial charge in [-0.15, -0.1) is 11.3 Å². The third-order valence-electron chi connectivity index (χ3n) is 3.57. The highest BCUT2D eigenvalue weighted by Crippen LogP contribution is 2.28. The Kier molecular flexibility index (Phi) is 7.32. The standard InChI is InChI=1S/C18H20ClN3O4S/c1-4-26-16(24)9-12(23)17(13-6-7-14(19)27-13)21-18(25)11-5-8-15(20-10-11)22(2)3/h5-8,10,17H,4,9H2,1-3H3,(H,21,25). The van der Waals surface area contributed by atoms with Crippen molar-refractivity contribution in [1.82, 2.24) is 10.3 Å². The van der Waals surface area contributed by atoms with Crippen LogP contribution in [0.25, 0.3) is 0 Å². The molecule has 0 radical (unpaired) electrons. The molecule has 0 bridgehead atoms. The van der Waals surface area contributed by atoms with E-state index in [-0.39, 0.29) is 6.61 Å². The lowest BCUT2D eigenvalue weighted by atomic mass is 10.1. The second-order valence-corrected chi connectivity index (χ2v) is 7.54. The first-order valence-corrected chi connectivity index (χ1v) is 9.39. The van der Waals surface area contributed by atoms with E-state index >= 15 is 0 Å². The van der Waals surface area contributed by atoms with E-state index in [0.29, 0.717) is 20.6 Å². The fourth-order valence-electron chi connectivity index (χ4n) is 2.25. The first kappa shape index (κ1) is 20.9. The van der Waals surface area contributed by atoms with Crippen molar-refractivity contribution in [3.63, 3.8) is 0 Å². The molecule has 2 heterocycles. The highest BCUT2D eigenvalue weighted by atomic mass is 35.5.